The molecular weight excluding hydrogens is 471 g/mol. The molecule has 0 saturated carbocycles. The molecule has 2 aliphatic heterocycles. The van der Waals surface area contributed by atoms with Gasteiger partial charge < -0.3 is 25.0 Å². The fraction of sp³-hybridized carbons (Fsp3) is 0.276. The van der Waals surface area contributed by atoms with Gasteiger partial charge in [-0.2, -0.15) is 0 Å². The number of anilines is 1. The van der Waals surface area contributed by atoms with E-state index in [4.69, 9.17) is 4.74 Å². The van der Waals surface area contributed by atoms with Crippen LogP contribution < -0.4 is 10.1 Å². The molecule has 37 heavy (non-hydrogen) atoms. The molecule has 1 atom stereocenters. The zero-order valence-electron chi connectivity index (χ0n) is 20.6. The molecule has 1 spiro atoms. The van der Waals surface area contributed by atoms with Crippen molar-refractivity contribution in [3.8, 4) is 5.75 Å². The van der Waals surface area contributed by atoms with Gasteiger partial charge in [-0.1, -0.05) is 36.4 Å². The quantitative estimate of drug-likeness (QED) is 0.373. The number of nitrogens with zero attached hydrogens (tertiary/aromatic N) is 2. The molecule has 7 nitrogen and oxygen atoms in total. The Morgan fingerprint density at radius 1 is 1.11 bits per heavy atom. The maximum absolute atomic E-state index is 13.6. The summed E-state index contributed by atoms with van der Waals surface area (Å²) in [5.74, 6) is 0.363. The second-order valence-electron chi connectivity index (χ2n) is 9.99. The molecular formula is C29H29FN4O3. The van der Waals surface area contributed by atoms with Crippen molar-refractivity contribution in [1.29, 1.82) is 0 Å². The van der Waals surface area contributed by atoms with Crippen molar-refractivity contribution >= 4 is 22.6 Å². The summed E-state index contributed by atoms with van der Waals surface area (Å²) in [7, 11) is 1.64. The number of fused-ring (bicyclic) bond motifs is 4. The van der Waals surface area contributed by atoms with Crippen LogP contribution in [0, 0.1) is 5.82 Å². The number of hydrogen-bond acceptors (Lipinski definition) is 4. The first-order valence-electron chi connectivity index (χ1n) is 12.4. The van der Waals surface area contributed by atoms with E-state index in [1.165, 1.54) is 12.1 Å². The molecule has 8 heteroatoms. The van der Waals surface area contributed by atoms with Gasteiger partial charge in [-0.3, -0.25) is 4.90 Å². The molecule has 3 aromatic carbocycles. The van der Waals surface area contributed by atoms with E-state index in [0.29, 0.717) is 31.9 Å². The summed E-state index contributed by atoms with van der Waals surface area (Å²) >= 11 is 0. The number of carbonyl (C=O) groups excluding carboxylic acids is 1. The first kappa shape index (κ1) is 23.5. The zero-order chi connectivity index (χ0) is 25.6. The van der Waals surface area contributed by atoms with Crippen LogP contribution in [0.25, 0.3) is 10.9 Å². The van der Waals surface area contributed by atoms with Crippen molar-refractivity contribution < 1.29 is 19.0 Å². The fourth-order valence-corrected chi connectivity index (χ4v) is 5.95. The predicted octanol–water partition coefficient (Wildman–Crippen LogP) is 4.65. The van der Waals surface area contributed by atoms with Crippen molar-refractivity contribution in [2.75, 3.05) is 38.7 Å². The molecule has 2 amide bonds. The number of aromatic nitrogens is 1. The predicted molar refractivity (Wildman–Crippen MR) is 140 cm³/mol. The number of urea groups is 1. The van der Waals surface area contributed by atoms with Gasteiger partial charge in [0.2, 0.25) is 0 Å². The van der Waals surface area contributed by atoms with Crippen molar-refractivity contribution in [3.63, 3.8) is 0 Å². The second kappa shape index (κ2) is 9.21. The molecule has 190 valence electrons. The van der Waals surface area contributed by atoms with E-state index in [1.54, 1.807) is 24.1 Å². The maximum Gasteiger partial charge on any atom is 0.321 e. The van der Waals surface area contributed by atoms with Gasteiger partial charge in [-0.25, -0.2) is 9.18 Å². The number of aliphatic hydroxyl groups is 1. The van der Waals surface area contributed by atoms with Crippen LogP contribution in [-0.2, 0) is 12.0 Å². The van der Waals surface area contributed by atoms with E-state index in [0.717, 1.165) is 33.5 Å². The Balaban J connectivity index is 1.35. The van der Waals surface area contributed by atoms with Gasteiger partial charge in [0.15, 0.2) is 0 Å². The van der Waals surface area contributed by atoms with Crippen LogP contribution in [0.1, 0.15) is 22.9 Å². The number of H-pyrrole nitrogens is 1. The van der Waals surface area contributed by atoms with Gasteiger partial charge in [0, 0.05) is 59.9 Å². The van der Waals surface area contributed by atoms with Gasteiger partial charge in [0.1, 0.15) is 11.6 Å². The van der Waals surface area contributed by atoms with Gasteiger partial charge in [0.25, 0.3) is 0 Å². The molecule has 1 saturated heterocycles. The van der Waals surface area contributed by atoms with Crippen molar-refractivity contribution in [2.24, 2.45) is 0 Å². The Hall–Kier alpha value is -3.88. The highest BCUT2D eigenvalue weighted by Crippen LogP contribution is 2.49. The summed E-state index contributed by atoms with van der Waals surface area (Å²) < 4.78 is 19.1. The van der Waals surface area contributed by atoms with Gasteiger partial charge in [-0.15, -0.1) is 0 Å². The number of aliphatic hydroxyl groups excluding tert-OH is 1. The number of benzene rings is 3. The minimum absolute atomic E-state index is 0.0242. The smallest absolute Gasteiger partial charge is 0.321 e. The SMILES string of the molecule is COc1ccc2c3c([nH]c2c1)[C@H](CO)N(Cc1ccccc1)CC31CN(C(=O)Nc2cccc(F)c2)C1. The third-order valence-electron chi connectivity index (χ3n) is 7.60. The summed E-state index contributed by atoms with van der Waals surface area (Å²) in [6.07, 6.45) is 0. The largest absolute Gasteiger partial charge is 0.497 e. The topological polar surface area (TPSA) is 80.8 Å². The highest BCUT2D eigenvalue weighted by molar-refractivity contribution is 5.92. The third-order valence-corrected chi connectivity index (χ3v) is 7.60. The Kier molecular flexibility index (Phi) is 5.85. The van der Waals surface area contributed by atoms with Gasteiger partial charge in [-0.05, 0) is 41.5 Å². The lowest BCUT2D eigenvalue weighted by molar-refractivity contribution is 0.0124. The average Bonchev–Trinajstić information content (AvgIpc) is 3.26. The van der Waals surface area contributed by atoms with E-state index < -0.39 is 5.82 Å². The Bertz CT molecular complexity index is 1450. The van der Waals surface area contributed by atoms with Gasteiger partial charge in [0.05, 0.1) is 19.8 Å². The maximum atomic E-state index is 13.6. The number of carbonyl (C=O) groups is 1. The minimum atomic E-state index is -0.393. The second-order valence-corrected chi connectivity index (χ2v) is 9.99. The Morgan fingerprint density at radius 3 is 2.65 bits per heavy atom. The lowest BCUT2D eigenvalue weighted by Crippen LogP contribution is -2.68. The van der Waals surface area contributed by atoms with Gasteiger partial charge >= 0.3 is 6.03 Å². The van der Waals surface area contributed by atoms with E-state index in [1.807, 2.05) is 30.3 Å². The number of rotatable bonds is 5. The van der Waals surface area contributed by atoms with E-state index in [2.05, 4.69) is 33.4 Å². The first-order valence-corrected chi connectivity index (χ1v) is 12.4. The van der Waals surface area contributed by atoms with Crippen LogP contribution in [0.5, 0.6) is 5.75 Å². The molecule has 1 fully saturated rings. The van der Waals surface area contributed by atoms with Crippen LogP contribution in [-0.4, -0.2) is 59.3 Å². The molecule has 3 N–H and O–H groups in total. The van der Waals surface area contributed by atoms with Crippen LogP contribution in [0.4, 0.5) is 14.9 Å². The third kappa shape index (κ3) is 4.12. The highest BCUT2D eigenvalue weighted by Gasteiger charge is 2.54. The summed E-state index contributed by atoms with van der Waals surface area (Å²) in [4.78, 5) is 20.7. The summed E-state index contributed by atoms with van der Waals surface area (Å²) in [6, 6.07) is 21.7. The van der Waals surface area contributed by atoms with Crippen LogP contribution in [0.3, 0.4) is 0 Å². The fourth-order valence-electron chi connectivity index (χ4n) is 5.95. The number of nitrogens with one attached hydrogen (secondary N) is 2. The number of aromatic amines is 1. The first-order chi connectivity index (χ1) is 18.0. The molecule has 0 bridgehead atoms. The van der Waals surface area contributed by atoms with Crippen molar-refractivity contribution in [2.45, 2.75) is 18.0 Å². The van der Waals surface area contributed by atoms with Crippen LogP contribution in [0.15, 0.2) is 72.8 Å². The highest BCUT2D eigenvalue weighted by atomic mass is 19.1. The van der Waals surface area contributed by atoms with Crippen molar-refractivity contribution in [3.05, 3.63) is 95.4 Å². The van der Waals surface area contributed by atoms with E-state index in [9.17, 15) is 14.3 Å². The standard InChI is InChI=1S/C29H29FN4O3/c1-37-22-10-11-23-24(13-22)32-27-25(15-35)33(14-19-6-3-2-4-7-19)16-29(26(23)27)17-34(18-29)28(36)31-21-9-5-8-20(30)12-21/h2-13,25,32,35H,14-18H2,1H3,(H,31,36)/t25-/m0/s1. The molecule has 0 aliphatic carbocycles. The number of amides is 2. The van der Waals surface area contributed by atoms with E-state index in [-0.39, 0.29) is 24.1 Å². The number of likely N-dealkylation sites (tertiary alicyclic amines) is 1. The number of methoxy groups -OCH3 is 1. The Labute approximate surface area is 214 Å². The molecule has 3 heterocycles. The van der Waals surface area contributed by atoms with E-state index >= 15 is 0 Å². The summed E-state index contributed by atoms with van der Waals surface area (Å²) in [5, 5.41) is 14.4. The average molecular weight is 501 g/mol. The number of hydrogen-bond donors (Lipinski definition) is 3. The lowest BCUT2D eigenvalue weighted by Gasteiger charge is -2.56. The molecule has 0 radical (unpaired) electrons. The molecule has 0 unspecified atom stereocenters. The summed E-state index contributed by atoms with van der Waals surface area (Å²) in [5.41, 5.74) is 4.38. The van der Waals surface area contributed by atoms with Crippen LogP contribution >= 0.6 is 0 Å². The van der Waals surface area contributed by atoms with Crippen molar-refractivity contribution in [1.82, 2.24) is 14.8 Å². The number of ether oxygens (including phenoxy) is 1. The molecule has 1 aromatic heterocycles. The monoisotopic (exact) mass is 500 g/mol. The number of halogens is 1. The summed E-state index contributed by atoms with van der Waals surface area (Å²) in [6.45, 7) is 2.39. The normalized spacial score (nSPS) is 18.5. The zero-order valence-corrected chi connectivity index (χ0v) is 20.6. The lowest BCUT2D eigenvalue weighted by atomic mass is 9.68. The molecule has 2 aliphatic rings. The molecule has 6 rings (SSSR count). The Morgan fingerprint density at radius 2 is 1.92 bits per heavy atom. The molecule has 4 aromatic rings. The van der Waals surface area contributed by atoms with Crippen LogP contribution in [0.2, 0.25) is 0 Å². The minimum Gasteiger partial charge on any atom is -0.497 e.